The molecule has 2 atom stereocenters. The molecule has 2 heteroatoms. The van der Waals surface area contributed by atoms with E-state index in [-0.39, 0.29) is 0 Å². The van der Waals surface area contributed by atoms with Gasteiger partial charge in [0.1, 0.15) is 0 Å². The summed E-state index contributed by atoms with van der Waals surface area (Å²) in [5.41, 5.74) is 7.21. The minimum Gasteiger partial charge on any atom is -0.330 e. The van der Waals surface area contributed by atoms with E-state index >= 15 is 0 Å². The molecule has 2 aromatic carbocycles. The van der Waals surface area contributed by atoms with Gasteiger partial charge in [-0.1, -0.05) is 42.5 Å². The van der Waals surface area contributed by atoms with Crippen molar-refractivity contribution in [3.63, 3.8) is 0 Å². The topological polar surface area (TPSA) is 29.3 Å². The van der Waals surface area contributed by atoms with Crippen LogP contribution < -0.4 is 5.73 Å². The molecular weight excluding hydrogens is 256 g/mol. The second kappa shape index (κ2) is 6.59. The van der Waals surface area contributed by atoms with E-state index in [0.29, 0.717) is 6.04 Å². The summed E-state index contributed by atoms with van der Waals surface area (Å²) >= 11 is 0. The number of hydrogen-bond donors (Lipinski definition) is 1. The lowest BCUT2D eigenvalue weighted by molar-refractivity contribution is 0.129. The molecule has 0 aromatic heterocycles. The van der Waals surface area contributed by atoms with Crippen LogP contribution >= 0.6 is 0 Å². The summed E-state index contributed by atoms with van der Waals surface area (Å²) in [6.45, 7) is 5.58. The molecule has 2 unspecified atom stereocenters. The van der Waals surface area contributed by atoms with Crippen molar-refractivity contribution in [3.05, 3.63) is 48.0 Å². The third-order valence-electron chi connectivity index (χ3n) is 4.95. The lowest BCUT2D eigenvalue weighted by Crippen LogP contribution is -2.37. The van der Waals surface area contributed by atoms with Crippen LogP contribution in [0.25, 0.3) is 10.8 Å². The number of hydrogen-bond acceptors (Lipinski definition) is 2. The predicted molar refractivity (Wildman–Crippen MR) is 90.3 cm³/mol. The van der Waals surface area contributed by atoms with Gasteiger partial charge in [0, 0.05) is 12.6 Å². The summed E-state index contributed by atoms with van der Waals surface area (Å²) in [4.78, 5) is 2.64. The van der Waals surface area contributed by atoms with E-state index in [1.807, 2.05) is 0 Å². The number of likely N-dealkylation sites (tertiary alicyclic amines) is 1. The zero-order valence-electron chi connectivity index (χ0n) is 13.0. The molecule has 0 aliphatic carbocycles. The summed E-state index contributed by atoms with van der Waals surface area (Å²) in [5, 5.41) is 2.74. The fraction of sp³-hybridized carbons (Fsp3) is 0.474. The smallest absolute Gasteiger partial charge is 0.0326 e. The van der Waals surface area contributed by atoms with Crippen LogP contribution in [0.1, 0.15) is 37.8 Å². The molecular formula is C19H26N2. The van der Waals surface area contributed by atoms with Crippen LogP contribution in [0.4, 0.5) is 0 Å². The van der Waals surface area contributed by atoms with Crippen LogP contribution in [-0.4, -0.2) is 24.5 Å². The van der Waals surface area contributed by atoms with Gasteiger partial charge in [-0.3, -0.25) is 4.90 Å². The molecule has 3 rings (SSSR count). The fourth-order valence-electron chi connectivity index (χ4n) is 3.73. The molecule has 0 spiro atoms. The first-order valence-electron chi connectivity index (χ1n) is 8.21. The lowest BCUT2D eigenvalue weighted by atomic mass is 9.91. The van der Waals surface area contributed by atoms with Crippen LogP contribution in [0.5, 0.6) is 0 Å². The average Bonchev–Trinajstić information content (AvgIpc) is 2.54. The number of rotatable bonds is 4. The van der Waals surface area contributed by atoms with Gasteiger partial charge in [0.2, 0.25) is 0 Å². The normalized spacial score (nSPS) is 21.5. The van der Waals surface area contributed by atoms with Gasteiger partial charge in [-0.15, -0.1) is 0 Å². The molecule has 0 radical (unpaired) electrons. The zero-order valence-corrected chi connectivity index (χ0v) is 13.0. The maximum Gasteiger partial charge on any atom is 0.0326 e. The van der Waals surface area contributed by atoms with Gasteiger partial charge in [0.25, 0.3) is 0 Å². The van der Waals surface area contributed by atoms with E-state index in [1.165, 1.54) is 48.7 Å². The van der Waals surface area contributed by atoms with Crippen molar-refractivity contribution in [2.24, 2.45) is 11.7 Å². The largest absolute Gasteiger partial charge is 0.330 e. The van der Waals surface area contributed by atoms with E-state index in [4.69, 9.17) is 5.73 Å². The van der Waals surface area contributed by atoms with Crippen LogP contribution in [0, 0.1) is 5.92 Å². The average molecular weight is 282 g/mol. The Hall–Kier alpha value is -1.38. The fourth-order valence-corrected chi connectivity index (χ4v) is 3.73. The first-order valence-corrected chi connectivity index (χ1v) is 8.21. The van der Waals surface area contributed by atoms with Crippen LogP contribution in [-0.2, 0) is 0 Å². The van der Waals surface area contributed by atoms with E-state index in [2.05, 4.69) is 54.3 Å². The van der Waals surface area contributed by atoms with Crippen molar-refractivity contribution in [2.75, 3.05) is 19.6 Å². The molecule has 2 nitrogen and oxygen atoms in total. The Morgan fingerprint density at radius 1 is 1.19 bits per heavy atom. The van der Waals surface area contributed by atoms with Crippen molar-refractivity contribution in [3.8, 4) is 0 Å². The molecule has 2 aromatic rings. The van der Waals surface area contributed by atoms with Crippen molar-refractivity contribution in [1.29, 1.82) is 0 Å². The molecule has 1 saturated heterocycles. The van der Waals surface area contributed by atoms with Gasteiger partial charge >= 0.3 is 0 Å². The highest BCUT2D eigenvalue weighted by atomic mass is 15.2. The molecule has 1 fully saturated rings. The van der Waals surface area contributed by atoms with E-state index < -0.39 is 0 Å². The zero-order chi connectivity index (χ0) is 14.7. The van der Waals surface area contributed by atoms with Gasteiger partial charge < -0.3 is 5.73 Å². The van der Waals surface area contributed by atoms with Crippen LogP contribution in [0.2, 0.25) is 0 Å². The van der Waals surface area contributed by atoms with Crippen LogP contribution in [0.15, 0.2) is 42.5 Å². The molecule has 21 heavy (non-hydrogen) atoms. The van der Waals surface area contributed by atoms with Crippen molar-refractivity contribution in [2.45, 2.75) is 32.2 Å². The van der Waals surface area contributed by atoms with Crippen LogP contribution in [0.3, 0.4) is 0 Å². The van der Waals surface area contributed by atoms with Gasteiger partial charge in [-0.05, 0) is 61.5 Å². The first kappa shape index (κ1) is 14.6. The Bertz CT molecular complexity index is 586. The van der Waals surface area contributed by atoms with Gasteiger partial charge in [-0.2, -0.15) is 0 Å². The molecule has 1 aliphatic heterocycles. The van der Waals surface area contributed by atoms with E-state index in [1.54, 1.807) is 0 Å². The maximum absolute atomic E-state index is 5.75. The minimum atomic E-state index is 0.483. The second-order valence-electron chi connectivity index (χ2n) is 6.32. The predicted octanol–water partition coefficient (Wildman–Crippen LogP) is 3.96. The van der Waals surface area contributed by atoms with E-state index in [9.17, 15) is 0 Å². The SMILES string of the molecule is CC(c1cccc2ccccc12)N1CCCC(CCN)C1. The molecule has 1 heterocycles. The van der Waals surface area contributed by atoms with E-state index in [0.717, 1.165) is 12.5 Å². The summed E-state index contributed by atoms with van der Waals surface area (Å²) in [7, 11) is 0. The van der Waals surface area contributed by atoms with Crippen molar-refractivity contribution in [1.82, 2.24) is 4.90 Å². The number of nitrogens with two attached hydrogens (primary N) is 1. The van der Waals surface area contributed by atoms with Crippen molar-refractivity contribution < 1.29 is 0 Å². The molecule has 1 aliphatic rings. The monoisotopic (exact) mass is 282 g/mol. The third-order valence-corrected chi connectivity index (χ3v) is 4.95. The number of nitrogens with zero attached hydrogens (tertiary/aromatic N) is 1. The highest BCUT2D eigenvalue weighted by Crippen LogP contribution is 2.31. The number of benzene rings is 2. The Labute approximate surface area is 127 Å². The summed E-state index contributed by atoms with van der Waals surface area (Å²) in [6, 6.07) is 15.9. The maximum atomic E-state index is 5.75. The Morgan fingerprint density at radius 2 is 2.00 bits per heavy atom. The lowest BCUT2D eigenvalue weighted by Gasteiger charge is -2.37. The molecule has 0 saturated carbocycles. The highest BCUT2D eigenvalue weighted by Gasteiger charge is 2.24. The Balaban J connectivity index is 1.84. The second-order valence-corrected chi connectivity index (χ2v) is 6.32. The van der Waals surface area contributed by atoms with Gasteiger partial charge in [0.05, 0.1) is 0 Å². The Kier molecular flexibility index (Phi) is 4.57. The summed E-state index contributed by atoms with van der Waals surface area (Å²) in [5.74, 6) is 0.779. The number of fused-ring (bicyclic) bond motifs is 1. The molecule has 2 N–H and O–H groups in total. The van der Waals surface area contributed by atoms with Gasteiger partial charge in [-0.25, -0.2) is 0 Å². The molecule has 112 valence electrons. The minimum absolute atomic E-state index is 0.483. The van der Waals surface area contributed by atoms with Crippen molar-refractivity contribution >= 4 is 10.8 Å². The number of piperidine rings is 1. The summed E-state index contributed by atoms with van der Waals surface area (Å²) < 4.78 is 0. The third kappa shape index (κ3) is 3.12. The molecule has 0 bridgehead atoms. The van der Waals surface area contributed by atoms with Gasteiger partial charge in [0.15, 0.2) is 0 Å². The summed E-state index contributed by atoms with van der Waals surface area (Å²) in [6.07, 6.45) is 3.81. The Morgan fingerprint density at radius 3 is 2.86 bits per heavy atom. The standard InChI is InChI=1S/C19H26N2/c1-15(21-13-5-6-16(14-21)11-12-20)18-10-4-8-17-7-2-3-9-19(17)18/h2-4,7-10,15-16H,5-6,11-14,20H2,1H3. The molecule has 0 amide bonds. The first-order chi connectivity index (χ1) is 10.3. The highest BCUT2D eigenvalue weighted by molar-refractivity contribution is 5.86. The quantitative estimate of drug-likeness (QED) is 0.919.